The molecule has 3 aromatic heterocycles. The number of aromatic nitrogens is 4. The van der Waals surface area contributed by atoms with Crippen LogP contribution < -0.4 is 0 Å². The van der Waals surface area contributed by atoms with Crippen LogP contribution in [0.5, 0.6) is 0 Å². The van der Waals surface area contributed by atoms with Crippen LogP contribution in [0.2, 0.25) is 0 Å². The van der Waals surface area contributed by atoms with Gasteiger partial charge in [-0.1, -0.05) is 90.1 Å². The first kappa shape index (κ1) is 31.1. The first-order valence-electron chi connectivity index (χ1n) is 17.4. The lowest BCUT2D eigenvalue weighted by molar-refractivity contribution is 0.590. The number of hydrogen-bond donors (Lipinski definition) is 1. The van der Waals surface area contributed by atoms with Gasteiger partial charge in [0.05, 0.1) is 22.2 Å². The fourth-order valence-electron chi connectivity index (χ4n) is 7.34. The average Bonchev–Trinajstić information content (AvgIpc) is 3.65. The van der Waals surface area contributed by atoms with E-state index >= 15 is 0 Å². The Balaban J connectivity index is 1.43. The maximum Gasteiger partial charge on any atom is 0.143 e. The van der Waals surface area contributed by atoms with Crippen LogP contribution in [-0.4, -0.2) is 19.5 Å². The zero-order valence-electron chi connectivity index (χ0n) is 29.8. The van der Waals surface area contributed by atoms with Crippen molar-refractivity contribution in [3.05, 3.63) is 120 Å². The van der Waals surface area contributed by atoms with Gasteiger partial charge in [0.2, 0.25) is 0 Å². The third-order valence-electron chi connectivity index (χ3n) is 10.0. The molecule has 0 unspecified atom stereocenters. The summed E-state index contributed by atoms with van der Waals surface area (Å²) in [5.41, 5.74) is 12.6. The highest BCUT2D eigenvalue weighted by molar-refractivity contribution is 6.13. The Morgan fingerprint density at radius 3 is 2.12 bits per heavy atom. The summed E-state index contributed by atoms with van der Waals surface area (Å²) in [6.45, 7) is 18.3. The summed E-state index contributed by atoms with van der Waals surface area (Å²) in [6, 6.07) is 37.8. The topological polar surface area (TPSA) is 46.5 Å². The molecular weight excluding hydrogens is 597 g/mol. The van der Waals surface area contributed by atoms with Crippen LogP contribution in [0.25, 0.3) is 77.4 Å². The Morgan fingerprint density at radius 1 is 0.633 bits per heavy atom. The molecule has 4 nitrogen and oxygen atoms in total. The van der Waals surface area contributed by atoms with Crippen molar-refractivity contribution in [1.29, 1.82) is 0 Å². The zero-order valence-corrected chi connectivity index (χ0v) is 29.8. The molecule has 4 heteroatoms. The fourth-order valence-corrected chi connectivity index (χ4v) is 7.34. The third-order valence-corrected chi connectivity index (χ3v) is 10.0. The number of rotatable bonds is 4. The Labute approximate surface area is 288 Å². The Bertz CT molecular complexity index is 2530. The van der Waals surface area contributed by atoms with E-state index in [1.54, 1.807) is 0 Å². The number of nitrogens with zero attached hydrogens (tertiary/aromatic N) is 3. The number of imidazole rings is 1. The second-order valence-corrected chi connectivity index (χ2v) is 15.9. The van der Waals surface area contributed by atoms with Crippen molar-refractivity contribution in [1.82, 2.24) is 19.5 Å². The van der Waals surface area contributed by atoms with E-state index in [0.717, 1.165) is 55.8 Å². The van der Waals surface area contributed by atoms with Crippen molar-refractivity contribution in [3.63, 3.8) is 0 Å². The van der Waals surface area contributed by atoms with Crippen molar-refractivity contribution >= 4 is 43.6 Å². The van der Waals surface area contributed by atoms with Crippen molar-refractivity contribution in [2.45, 2.75) is 72.3 Å². The summed E-state index contributed by atoms with van der Waals surface area (Å²) < 4.78 is 2.42. The predicted molar refractivity (Wildman–Crippen MR) is 208 cm³/mol. The molecule has 8 rings (SSSR count). The molecule has 0 atom stereocenters. The van der Waals surface area contributed by atoms with Gasteiger partial charge >= 0.3 is 0 Å². The van der Waals surface area contributed by atoms with Crippen LogP contribution in [0.1, 0.15) is 72.6 Å². The first-order valence-corrected chi connectivity index (χ1v) is 17.4. The van der Waals surface area contributed by atoms with Gasteiger partial charge in [-0.25, -0.2) is 4.98 Å². The second-order valence-electron chi connectivity index (χ2n) is 15.9. The van der Waals surface area contributed by atoms with Gasteiger partial charge < -0.3 is 9.55 Å². The van der Waals surface area contributed by atoms with E-state index < -0.39 is 0 Å². The summed E-state index contributed by atoms with van der Waals surface area (Å²) in [5, 5.41) is 4.90. The molecule has 0 fully saturated rings. The maximum absolute atomic E-state index is 5.59. The number of H-pyrrole nitrogens is 1. The number of benzene rings is 5. The Kier molecular flexibility index (Phi) is 7.08. The molecule has 0 bridgehead atoms. The summed E-state index contributed by atoms with van der Waals surface area (Å²) in [5.74, 6) is 0.988. The van der Waals surface area contributed by atoms with Gasteiger partial charge in [-0.05, 0) is 107 Å². The molecule has 0 aliphatic heterocycles. The van der Waals surface area contributed by atoms with E-state index in [1.165, 1.54) is 32.7 Å². The number of para-hydroxylation sites is 1. The van der Waals surface area contributed by atoms with Gasteiger partial charge in [0.25, 0.3) is 0 Å². The molecule has 5 aromatic carbocycles. The van der Waals surface area contributed by atoms with Gasteiger partial charge in [0, 0.05) is 45.2 Å². The Morgan fingerprint density at radius 2 is 1.39 bits per heavy atom. The molecule has 8 aromatic rings. The van der Waals surface area contributed by atoms with Crippen LogP contribution >= 0.6 is 0 Å². The molecule has 0 spiro atoms. The predicted octanol–water partition coefficient (Wildman–Crippen LogP) is 12.4. The monoisotopic (exact) mass is 640 g/mol. The highest BCUT2D eigenvalue weighted by atomic mass is 15.1. The lowest BCUT2D eigenvalue weighted by Gasteiger charge is -2.22. The van der Waals surface area contributed by atoms with Crippen molar-refractivity contribution in [2.24, 2.45) is 0 Å². The summed E-state index contributed by atoms with van der Waals surface area (Å²) in [6.07, 6.45) is 1.87. The number of pyridine rings is 1. The van der Waals surface area contributed by atoms with Crippen LogP contribution in [0.3, 0.4) is 0 Å². The smallest absolute Gasteiger partial charge is 0.143 e. The standard InChI is InChI=1S/C45H44N4/c1-27(2)49-40-18-13-16-33(29-22-28-14-9-10-15-32(28)34(23-29)38-17-11-12-21-46-38)42(40)48-43(49)37-26-31(45(6,7)8)25-36-35-24-30(44(3,4)5)19-20-39(35)47-41(36)37/h9-27,47H,1-8H3. The molecular formula is C45H44N4. The molecule has 244 valence electrons. The molecule has 49 heavy (non-hydrogen) atoms. The second kappa shape index (κ2) is 11.2. The molecule has 0 amide bonds. The highest BCUT2D eigenvalue weighted by Crippen LogP contribution is 2.42. The van der Waals surface area contributed by atoms with Gasteiger partial charge in [-0.2, -0.15) is 0 Å². The van der Waals surface area contributed by atoms with Crippen molar-refractivity contribution in [3.8, 4) is 33.8 Å². The van der Waals surface area contributed by atoms with E-state index in [2.05, 4.69) is 162 Å². The largest absolute Gasteiger partial charge is 0.354 e. The molecule has 0 aliphatic rings. The first-order chi connectivity index (χ1) is 23.4. The van der Waals surface area contributed by atoms with Crippen LogP contribution in [-0.2, 0) is 10.8 Å². The van der Waals surface area contributed by atoms with E-state index in [1.807, 2.05) is 12.3 Å². The minimum Gasteiger partial charge on any atom is -0.354 e. The lowest BCUT2D eigenvalue weighted by Crippen LogP contribution is -2.12. The van der Waals surface area contributed by atoms with Crippen LogP contribution in [0, 0.1) is 0 Å². The lowest BCUT2D eigenvalue weighted by atomic mass is 9.84. The van der Waals surface area contributed by atoms with Crippen molar-refractivity contribution < 1.29 is 0 Å². The third kappa shape index (κ3) is 5.22. The Hall–Kier alpha value is -5.22. The number of aromatic amines is 1. The van der Waals surface area contributed by atoms with Crippen LogP contribution in [0.4, 0.5) is 0 Å². The highest BCUT2D eigenvalue weighted by Gasteiger charge is 2.25. The van der Waals surface area contributed by atoms with Gasteiger partial charge in [0.1, 0.15) is 5.82 Å². The summed E-state index contributed by atoms with van der Waals surface area (Å²) in [4.78, 5) is 14.2. The quantitative estimate of drug-likeness (QED) is 0.208. The van der Waals surface area contributed by atoms with Gasteiger partial charge in [-0.15, -0.1) is 0 Å². The van der Waals surface area contributed by atoms with E-state index in [9.17, 15) is 0 Å². The van der Waals surface area contributed by atoms with Gasteiger partial charge in [-0.3, -0.25) is 4.98 Å². The molecule has 3 heterocycles. The molecule has 0 aliphatic carbocycles. The minimum atomic E-state index is -0.0407. The van der Waals surface area contributed by atoms with E-state index in [-0.39, 0.29) is 16.9 Å². The zero-order chi connectivity index (χ0) is 34.2. The van der Waals surface area contributed by atoms with Crippen LogP contribution in [0.15, 0.2) is 109 Å². The average molecular weight is 641 g/mol. The molecule has 1 N–H and O–H groups in total. The molecule has 0 saturated carbocycles. The SMILES string of the molecule is CC(C)n1c(-c2cc(C(C)(C)C)cc3c2[nH]c2ccc(C(C)(C)C)cc23)nc2c(-c3cc(-c4ccccn4)c4ccccc4c3)cccc21. The minimum absolute atomic E-state index is 0.0407. The normalized spacial score (nSPS) is 12.7. The van der Waals surface area contributed by atoms with E-state index in [4.69, 9.17) is 9.97 Å². The van der Waals surface area contributed by atoms with Gasteiger partial charge in [0.15, 0.2) is 0 Å². The number of fused-ring (bicyclic) bond motifs is 5. The molecule has 0 radical (unpaired) electrons. The van der Waals surface area contributed by atoms with E-state index in [0.29, 0.717) is 0 Å². The maximum atomic E-state index is 5.59. The number of hydrogen-bond acceptors (Lipinski definition) is 2. The molecule has 0 saturated heterocycles. The number of nitrogens with one attached hydrogen (secondary N) is 1. The summed E-state index contributed by atoms with van der Waals surface area (Å²) >= 11 is 0. The fraction of sp³-hybridized carbons (Fsp3) is 0.244. The van der Waals surface area contributed by atoms with Crippen molar-refractivity contribution in [2.75, 3.05) is 0 Å². The summed E-state index contributed by atoms with van der Waals surface area (Å²) in [7, 11) is 0.